The van der Waals surface area contributed by atoms with Crippen molar-refractivity contribution < 1.29 is 13.5 Å². The molecule has 0 amide bonds. The van der Waals surface area contributed by atoms with Gasteiger partial charge in [0.25, 0.3) is 0 Å². The first kappa shape index (κ1) is 17.6. The van der Waals surface area contributed by atoms with Crippen LogP contribution in [0.2, 0.25) is 0 Å². The lowest BCUT2D eigenvalue weighted by Crippen LogP contribution is -2.39. The van der Waals surface area contributed by atoms with Gasteiger partial charge in [-0.2, -0.15) is 8.78 Å². The minimum absolute atomic E-state index is 0.169. The van der Waals surface area contributed by atoms with E-state index in [0.29, 0.717) is 11.7 Å². The number of alkyl halides is 2. The zero-order valence-electron chi connectivity index (χ0n) is 12.2. The van der Waals surface area contributed by atoms with E-state index in [-0.39, 0.29) is 5.75 Å². The third-order valence-electron chi connectivity index (χ3n) is 2.69. The lowest BCUT2D eigenvalue weighted by atomic mass is 10.1. The van der Waals surface area contributed by atoms with Crippen LogP contribution in [-0.2, 0) is 6.42 Å². The monoisotopic (exact) mass is 317 g/mol. The summed E-state index contributed by atoms with van der Waals surface area (Å²) in [4.78, 5) is 2.07. The molecule has 4 nitrogen and oxygen atoms in total. The van der Waals surface area contributed by atoms with Crippen molar-refractivity contribution in [2.45, 2.75) is 13.0 Å². The second-order valence-corrected chi connectivity index (χ2v) is 5.17. The maximum atomic E-state index is 12.0. The highest BCUT2D eigenvalue weighted by Crippen LogP contribution is 2.14. The maximum Gasteiger partial charge on any atom is 0.387 e. The van der Waals surface area contributed by atoms with Crippen molar-refractivity contribution >= 4 is 17.3 Å². The van der Waals surface area contributed by atoms with Gasteiger partial charge in [-0.05, 0) is 50.4 Å². The van der Waals surface area contributed by atoms with Crippen molar-refractivity contribution in [3.8, 4) is 5.75 Å². The lowest BCUT2D eigenvalue weighted by Gasteiger charge is -2.13. The van der Waals surface area contributed by atoms with Crippen molar-refractivity contribution in [3.05, 3.63) is 29.8 Å². The van der Waals surface area contributed by atoms with Crippen molar-refractivity contribution in [2.75, 3.05) is 33.7 Å². The van der Waals surface area contributed by atoms with Crippen LogP contribution in [0, 0.1) is 0 Å². The molecule has 0 spiro atoms. The Balaban J connectivity index is 2.21. The Hall–Kier alpha value is -1.47. The molecule has 0 aliphatic carbocycles. The standard InChI is InChI=1S/C14H21F2N3OS/c1-19(2)10-9-18-14(21)17-8-7-11-3-5-12(6-4-11)20-13(15)16/h3-6,13H,7-10H2,1-2H3,(H2,17,18,21). The molecular formula is C14H21F2N3OS. The van der Waals surface area contributed by atoms with E-state index in [1.807, 2.05) is 14.1 Å². The van der Waals surface area contributed by atoms with Crippen molar-refractivity contribution in [2.24, 2.45) is 0 Å². The molecule has 0 aliphatic heterocycles. The van der Waals surface area contributed by atoms with E-state index in [9.17, 15) is 8.78 Å². The number of hydrogen-bond donors (Lipinski definition) is 2. The zero-order valence-corrected chi connectivity index (χ0v) is 13.1. The van der Waals surface area contributed by atoms with Crippen LogP contribution >= 0.6 is 12.2 Å². The Morgan fingerprint density at radius 3 is 2.38 bits per heavy atom. The number of nitrogens with zero attached hydrogens (tertiary/aromatic N) is 1. The highest BCUT2D eigenvalue weighted by atomic mass is 32.1. The number of thiocarbonyl (C=S) groups is 1. The molecule has 0 radical (unpaired) electrons. The fraction of sp³-hybridized carbons (Fsp3) is 0.500. The highest BCUT2D eigenvalue weighted by Gasteiger charge is 2.03. The van der Waals surface area contributed by atoms with Gasteiger partial charge < -0.3 is 20.3 Å². The molecule has 1 rings (SSSR count). The van der Waals surface area contributed by atoms with Gasteiger partial charge in [0.1, 0.15) is 5.75 Å². The molecule has 0 atom stereocenters. The molecule has 0 fully saturated rings. The van der Waals surface area contributed by atoms with Gasteiger partial charge in [-0.25, -0.2) is 0 Å². The summed E-state index contributed by atoms with van der Waals surface area (Å²) >= 11 is 5.15. The van der Waals surface area contributed by atoms with Crippen LogP contribution in [0.15, 0.2) is 24.3 Å². The van der Waals surface area contributed by atoms with E-state index in [4.69, 9.17) is 12.2 Å². The fourth-order valence-corrected chi connectivity index (χ4v) is 1.82. The summed E-state index contributed by atoms with van der Waals surface area (Å²) in [5.74, 6) is 0.169. The van der Waals surface area contributed by atoms with Crippen LogP contribution in [0.1, 0.15) is 5.56 Å². The zero-order chi connectivity index (χ0) is 15.7. The Morgan fingerprint density at radius 1 is 1.19 bits per heavy atom. The van der Waals surface area contributed by atoms with E-state index in [0.717, 1.165) is 25.1 Å². The van der Waals surface area contributed by atoms with Crippen molar-refractivity contribution in [1.29, 1.82) is 0 Å². The maximum absolute atomic E-state index is 12.0. The van der Waals surface area contributed by atoms with E-state index < -0.39 is 6.61 Å². The second-order valence-electron chi connectivity index (χ2n) is 4.76. The number of rotatable bonds is 8. The molecule has 1 aromatic rings. The Labute approximate surface area is 129 Å². The van der Waals surface area contributed by atoms with Gasteiger partial charge in [0.15, 0.2) is 5.11 Å². The van der Waals surface area contributed by atoms with Gasteiger partial charge in [0.05, 0.1) is 0 Å². The first-order chi connectivity index (χ1) is 9.97. The van der Waals surface area contributed by atoms with Crippen LogP contribution in [0.4, 0.5) is 8.78 Å². The average Bonchev–Trinajstić information content (AvgIpc) is 2.39. The third kappa shape index (κ3) is 8.41. The van der Waals surface area contributed by atoms with Gasteiger partial charge >= 0.3 is 6.61 Å². The molecule has 0 aliphatic rings. The third-order valence-corrected chi connectivity index (χ3v) is 2.98. The molecule has 0 unspecified atom stereocenters. The minimum atomic E-state index is -2.79. The number of hydrogen-bond acceptors (Lipinski definition) is 3. The van der Waals surface area contributed by atoms with Gasteiger partial charge in [-0.15, -0.1) is 0 Å². The van der Waals surface area contributed by atoms with Gasteiger partial charge in [-0.1, -0.05) is 12.1 Å². The average molecular weight is 317 g/mol. The minimum Gasteiger partial charge on any atom is -0.435 e. The molecule has 0 saturated heterocycles. The molecule has 0 saturated carbocycles. The summed E-state index contributed by atoms with van der Waals surface area (Å²) in [5, 5.41) is 6.83. The normalized spacial score (nSPS) is 10.8. The lowest BCUT2D eigenvalue weighted by molar-refractivity contribution is -0.0498. The number of nitrogens with one attached hydrogen (secondary N) is 2. The summed E-state index contributed by atoms with van der Waals surface area (Å²) in [5.41, 5.74) is 1.03. The molecular weight excluding hydrogens is 296 g/mol. The van der Waals surface area contributed by atoms with Crippen LogP contribution in [0.5, 0.6) is 5.75 Å². The molecule has 0 bridgehead atoms. The largest absolute Gasteiger partial charge is 0.435 e. The quantitative estimate of drug-likeness (QED) is 0.716. The predicted octanol–water partition coefficient (Wildman–Crippen LogP) is 1.86. The Bertz CT molecular complexity index is 427. The molecule has 7 heteroatoms. The van der Waals surface area contributed by atoms with E-state index in [2.05, 4.69) is 20.3 Å². The Kier molecular flexibility index (Phi) is 7.92. The fourth-order valence-electron chi connectivity index (χ4n) is 1.61. The summed E-state index contributed by atoms with van der Waals surface area (Å²) in [6, 6.07) is 6.61. The summed E-state index contributed by atoms with van der Waals surface area (Å²) in [6.07, 6.45) is 0.754. The van der Waals surface area contributed by atoms with Crippen LogP contribution in [0.25, 0.3) is 0 Å². The van der Waals surface area contributed by atoms with Gasteiger partial charge in [0.2, 0.25) is 0 Å². The molecule has 21 heavy (non-hydrogen) atoms. The van der Waals surface area contributed by atoms with Crippen molar-refractivity contribution in [3.63, 3.8) is 0 Å². The van der Waals surface area contributed by atoms with Crippen LogP contribution < -0.4 is 15.4 Å². The van der Waals surface area contributed by atoms with Crippen molar-refractivity contribution in [1.82, 2.24) is 15.5 Å². The van der Waals surface area contributed by atoms with E-state index >= 15 is 0 Å². The van der Waals surface area contributed by atoms with E-state index in [1.165, 1.54) is 12.1 Å². The SMILES string of the molecule is CN(C)CCNC(=S)NCCc1ccc(OC(F)F)cc1. The summed E-state index contributed by atoms with van der Waals surface area (Å²) in [7, 11) is 4.00. The molecule has 118 valence electrons. The summed E-state index contributed by atoms with van der Waals surface area (Å²) in [6.45, 7) is -0.405. The summed E-state index contributed by atoms with van der Waals surface area (Å²) < 4.78 is 28.3. The first-order valence-corrected chi connectivity index (χ1v) is 7.08. The number of halogens is 2. The molecule has 0 heterocycles. The number of likely N-dealkylation sites (N-methyl/N-ethyl adjacent to an activating group) is 1. The van der Waals surface area contributed by atoms with Crippen LogP contribution in [-0.4, -0.2) is 50.4 Å². The molecule has 2 N–H and O–H groups in total. The van der Waals surface area contributed by atoms with E-state index in [1.54, 1.807) is 12.1 Å². The van der Waals surface area contributed by atoms with Gasteiger partial charge in [0, 0.05) is 19.6 Å². The predicted molar refractivity (Wildman–Crippen MR) is 83.9 cm³/mol. The second kappa shape index (κ2) is 9.46. The Morgan fingerprint density at radius 2 is 1.81 bits per heavy atom. The topological polar surface area (TPSA) is 36.5 Å². The number of ether oxygens (including phenoxy) is 1. The van der Waals surface area contributed by atoms with Crippen LogP contribution in [0.3, 0.4) is 0 Å². The highest BCUT2D eigenvalue weighted by molar-refractivity contribution is 7.80. The molecule has 1 aromatic carbocycles. The molecule has 0 aromatic heterocycles. The smallest absolute Gasteiger partial charge is 0.387 e. The first-order valence-electron chi connectivity index (χ1n) is 6.67. The van der Waals surface area contributed by atoms with Gasteiger partial charge in [-0.3, -0.25) is 0 Å². The number of benzene rings is 1.